The number of aryl methyl sites for hydroxylation is 2. The first-order valence-corrected chi connectivity index (χ1v) is 6.37. The maximum atomic E-state index is 5.90. The van der Waals surface area contributed by atoms with Crippen molar-refractivity contribution in [2.24, 2.45) is 0 Å². The molecule has 0 aliphatic carbocycles. The van der Waals surface area contributed by atoms with E-state index in [4.69, 9.17) is 10.5 Å². The highest BCUT2D eigenvalue weighted by molar-refractivity contribution is 7.15. The van der Waals surface area contributed by atoms with Crippen LogP contribution in [0, 0.1) is 6.92 Å². The Morgan fingerprint density at radius 1 is 1.41 bits per heavy atom. The van der Waals surface area contributed by atoms with Gasteiger partial charge in [-0.15, -0.1) is 11.3 Å². The fraction of sp³-hybridized carbons (Fsp3) is 0.308. The molecular weight excluding hydrogens is 232 g/mol. The Morgan fingerprint density at radius 2 is 2.18 bits per heavy atom. The molecule has 0 unspecified atom stereocenters. The summed E-state index contributed by atoms with van der Waals surface area (Å²) in [6.07, 6.45) is 0.939. The van der Waals surface area contributed by atoms with E-state index in [1.165, 1.54) is 5.56 Å². The van der Waals surface area contributed by atoms with Gasteiger partial charge < -0.3 is 10.5 Å². The first-order valence-electron chi connectivity index (χ1n) is 5.56. The molecule has 0 fully saturated rings. The molecule has 0 amide bonds. The van der Waals surface area contributed by atoms with Crippen molar-refractivity contribution < 1.29 is 4.74 Å². The first-order chi connectivity index (χ1) is 8.15. The van der Waals surface area contributed by atoms with Gasteiger partial charge in [-0.1, -0.05) is 6.92 Å². The van der Waals surface area contributed by atoms with E-state index in [2.05, 4.69) is 18.0 Å². The largest absolute Gasteiger partial charge is 0.496 e. The van der Waals surface area contributed by atoms with E-state index in [-0.39, 0.29) is 0 Å². The smallest absolute Gasteiger partial charge is 0.142 e. The fourth-order valence-electron chi connectivity index (χ4n) is 1.85. The minimum absolute atomic E-state index is 0.611. The third-order valence-electron chi connectivity index (χ3n) is 2.68. The van der Waals surface area contributed by atoms with Gasteiger partial charge in [0.1, 0.15) is 11.6 Å². The van der Waals surface area contributed by atoms with Gasteiger partial charge in [0.2, 0.25) is 0 Å². The Hall–Kier alpha value is -1.55. The molecule has 0 aliphatic heterocycles. The zero-order valence-corrected chi connectivity index (χ0v) is 11.1. The Labute approximate surface area is 105 Å². The number of aromatic nitrogens is 1. The number of thiazole rings is 1. The Balaban J connectivity index is 2.50. The van der Waals surface area contributed by atoms with E-state index in [1.54, 1.807) is 18.4 Å². The van der Waals surface area contributed by atoms with Crippen LogP contribution in [0.5, 0.6) is 5.75 Å². The van der Waals surface area contributed by atoms with Crippen LogP contribution in [-0.4, -0.2) is 12.1 Å². The van der Waals surface area contributed by atoms with E-state index in [0.717, 1.165) is 27.6 Å². The van der Waals surface area contributed by atoms with Crippen molar-refractivity contribution in [3.63, 3.8) is 0 Å². The SMILES string of the molecule is CCc1cc(-c2sc(C)nc2N)ccc1OC. The molecule has 17 heavy (non-hydrogen) atoms. The molecule has 2 N–H and O–H groups in total. The highest BCUT2D eigenvalue weighted by atomic mass is 32.1. The summed E-state index contributed by atoms with van der Waals surface area (Å²) in [5.74, 6) is 1.54. The van der Waals surface area contributed by atoms with Crippen LogP contribution in [-0.2, 0) is 6.42 Å². The van der Waals surface area contributed by atoms with Crippen LogP contribution in [0.15, 0.2) is 18.2 Å². The van der Waals surface area contributed by atoms with Crippen LogP contribution in [0.4, 0.5) is 5.82 Å². The van der Waals surface area contributed by atoms with Gasteiger partial charge in [-0.25, -0.2) is 4.98 Å². The lowest BCUT2D eigenvalue weighted by Crippen LogP contribution is -1.92. The molecule has 1 heterocycles. The van der Waals surface area contributed by atoms with Crippen molar-refractivity contribution >= 4 is 17.2 Å². The van der Waals surface area contributed by atoms with E-state index in [1.807, 2.05) is 19.1 Å². The zero-order valence-electron chi connectivity index (χ0n) is 10.3. The maximum absolute atomic E-state index is 5.90. The van der Waals surface area contributed by atoms with Crippen molar-refractivity contribution in [2.45, 2.75) is 20.3 Å². The third-order valence-corrected chi connectivity index (χ3v) is 3.72. The number of hydrogen-bond acceptors (Lipinski definition) is 4. The summed E-state index contributed by atoms with van der Waals surface area (Å²) in [5, 5.41) is 0.992. The van der Waals surface area contributed by atoms with Crippen molar-refractivity contribution in [3.05, 3.63) is 28.8 Å². The number of nitrogens with two attached hydrogens (primary N) is 1. The molecule has 0 atom stereocenters. The molecular formula is C13H16N2OS. The van der Waals surface area contributed by atoms with Gasteiger partial charge in [0.25, 0.3) is 0 Å². The number of nitrogen functional groups attached to an aromatic ring is 1. The average Bonchev–Trinajstić information content (AvgIpc) is 2.67. The Bertz CT molecular complexity index is 534. The number of rotatable bonds is 3. The third kappa shape index (κ3) is 2.26. The second-order valence-corrected chi connectivity index (χ2v) is 5.03. The van der Waals surface area contributed by atoms with Crippen LogP contribution in [0.3, 0.4) is 0 Å². The summed E-state index contributed by atoms with van der Waals surface area (Å²) in [6, 6.07) is 6.14. The van der Waals surface area contributed by atoms with Gasteiger partial charge in [-0.3, -0.25) is 0 Å². The van der Waals surface area contributed by atoms with E-state index >= 15 is 0 Å². The van der Waals surface area contributed by atoms with Crippen LogP contribution in [0.1, 0.15) is 17.5 Å². The number of methoxy groups -OCH3 is 1. The topological polar surface area (TPSA) is 48.1 Å². The normalized spacial score (nSPS) is 10.5. The highest BCUT2D eigenvalue weighted by Crippen LogP contribution is 2.34. The summed E-state index contributed by atoms with van der Waals surface area (Å²) < 4.78 is 5.32. The Kier molecular flexibility index (Phi) is 3.33. The molecule has 2 rings (SSSR count). The van der Waals surface area contributed by atoms with Crippen molar-refractivity contribution in [1.82, 2.24) is 4.98 Å². The number of benzene rings is 1. The van der Waals surface area contributed by atoms with Crippen LogP contribution >= 0.6 is 11.3 Å². The second kappa shape index (κ2) is 4.75. The van der Waals surface area contributed by atoms with Crippen molar-refractivity contribution in [3.8, 4) is 16.2 Å². The lowest BCUT2D eigenvalue weighted by Gasteiger charge is -2.08. The van der Waals surface area contributed by atoms with Crippen LogP contribution in [0.2, 0.25) is 0 Å². The molecule has 0 spiro atoms. The molecule has 4 heteroatoms. The summed E-state index contributed by atoms with van der Waals surface area (Å²) in [5.41, 5.74) is 8.21. The molecule has 2 aromatic rings. The van der Waals surface area contributed by atoms with E-state index in [9.17, 15) is 0 Å². The number of ether oxygens (including phenoxy) is 1. The molecule has 1 aromatic carbocycles. The summed E-state index contributed by atoms with van der Waals surface area (Å²) in [6.45, 7) is 4.08. The minimum atomic E-state index is 0.611. The Morgan fingerprint density at radius 3 is 2.71 bits per heavy atom. The molecule has 0 aliphatic rings. The molecule has 3 nitrogen and oxygen atoms in total. The maximum Gasteiger partial charge on any atom is 0.142 e. The van der Waals surface area contributed by atoms with Gasteiger partial charge in [-0.2, -0.15) is 0 Å². The fourth-order valence-corrected chi connectivity index (χ4v) is 2.68. The van der Waals surface area contributed by atoms with E-state index in [0.29, 0.717) is 5.82 Å². The monoisotopic (exact) mass is 248 g/mol. The first kappa shape index (κ1) is 11.9. The van der Waals surface area contributed by atoms with Gasteiger partial charge >= 0.3 is 0 Å². The molecule has 0 saturated carbocycles. The molecule has 0 radical (unpaired) electrons. The number of anilines is 1. The molecule has 1 aromatic heterocycles. The number of nitrogens with zero attached hydrogens (tertiary/aromatic N) is 1. The average molecular weight is 248 g/mol. The van der Waals surface area contributed by atoms with Crippen LogP contribution < -0.4 is 10.5 Å². The quantitative estimate of drug-likeness (QED) is 0.906. The summed E-state index contributed by atoms with van der Waals surface area (Å²) >= 11 is 1.62. The summed E-state index contributed by atoms with van der Waals surface area (Å²) in [4.78, 5) is 5.29. The second-order valence-electron chi connectivity index (χ2n) is 3.83. The van der Waals surface area contributed by atoms with E-state index < -0.39 is 0 Å². The van der Waals surface area contributed by atoms with Gasteiger partial charge in [0, 0.05) is 0 Å². The summed E-state index contributed by atoms with van der Waals surface area (Å²) in [7, 11) is 1.69. The van der Waals surface area contributed by atoms with Gasteiger partial charge in [0.15, 0.2) is 0 Å². The molecule has 90 valence electrons. The van der Waals surface area contributed by atoms with Crippen molar-refractivity contribution in [1.29, 1.82) is 0 Å². The van der Waals surface area contributed by atoms with Crippen LogP contribution in [0.25, 0.3) is 10.4 Å². The minimum Gasteiger partial charge on any atom is -0.496 e. The predicted molar refractivity (Wildman–Crippen MR) is 72.6 cm³/mol. The van der Waals surface area contributed by atoms with Crippen molar-refractivity contribution in [2.75, 3.05) is 12.8 Å². The highest BCUT2D eigenvalue weighted by Gasteiger charge is 2.10. The standard InChI is InChI=1S/C13H16N2OS/c1-4-9-7-10(5-6-11(9)16-3)12-13(14)15-8(2)17-12/h5-7H,4,14H2,1-3H3. The number of hydrogen-bond donors (Lipinski definition) is 1. The lowest BCUT2D eigenvalue weighted by molar-refractivity contribution is 0.410. The molecule has 0 saturated heterocycles. The van der Waals surface area contributed by atoms with Gasteiger partial charge in [0.05, 0.1) is 17.0 Å². The lowest BCUT2D eigenvalue weighted by atomic mass is 10.1. The molecule has 0 bridgehead atoms. The van der Waals surface area contributed by atoms with Gasteiger partial charge in [-0.05, 0) is 42.7 Å². The predicted octanol–water partition coefficient (Wildman–Crippen LogP) is 3.27. The zero-order chi connectivity index (χ0) is 12.4.